The molecule has 0 spiro atoms. The van der Waals surface area contributed by atoms with Crippen LogP contribution in [0.1, 0.15) is 5.56 Å². The summed E-state index contributed by atoms with van der Waals surface area (Å²) in [5.41, 5.74) is 3.14. The number of fused-ring (bicyclic) bond motifs is 4. The van der Waals surface area contributed by atoms with E-state index < -0.39 is 0 Å². The van der Waals surface area contributed by atoms with Crippen molar-refractivity contribution >= 4 is 48.6 Å². The molecule has 0 aliphatic carbocycles. The Kier molecular flexibility index (Phi) is 2.24. The summed E-state index contributed by atoms with van der Waals surface area (Å²) in [5, 5.41) is 4.79. The van der Waals surface area contributed by atoms with Gasteiger partial charge in [-0.15, -0.1) is 0 Å². The Morgan fingerprint density at radius 3 is 2.53 bits per heavy atom. The minimum atomic E-state index is 0.954. The van der Waals surface area contributed by atoms with Gasteiger partial charge in [-0.3, -0.25) is 0 Å². The van der Waals surface area contributed by atoms with Gasteiger partial charge in [0.25, 0.3) is 0 Å². The van der Waals surface area contributed by atoms with Crippen molar-refractivity contribution in [3.8, 4) is 0 Å². The lowest BCUT2D eigenvalue weighted by Crippen LogP contribution is -1.74. The average molecular weight is 311 g/mol. The molecule has 19 heavy (non-hydrogen) atoms. The Hall–Kier alpha value is -1.80. The second-order valence-corrected chi connectivity index (χ2v) is 5.86. The molecule has 4 aromatic rings. The van der Waals surface area contributed by atoms with Gasteiger partial charge in [-0.25, -0.2) is 0 Å². The van der Waals surface area contributed by atoms with Gasteiger partial charge in [0.05, 0.1) is 0 Å². The molecule has 3 aromatic carbocycles. The van der Waals surface area contributed by atoms with Crippen molar-refractivity contribution in [1.29, 1.82) is 0 Å². The van der Waals surface area contributed by atoms with Crippen LogP contribution >= 0.6 is 15.9 Å². The van der Waals surface area contributed by atoms with Gasteiger partial charge in [0.1, 0.15) is 11.2 Å². The first-order valence-corrected chi connectivity index (χ1v) is 7.02. The molecule has 0 fully saturated rings. The number of hydrogen-bond acceptors (Lipinski definition) is 1. The van der Waals surface area contributed by atoms with Crippen LogP contribution in [0.25, 0.3) is 32.7 Å². The predicted molar refractivity (Wildman–Crippen MR) is 83.7 cm³/mol. The van der Waals surface area contributed by atoms with Crippen molar-refractivity contribution in [3.63, 3.8) is 0 Å². The summed E-state index contributed by atoms with van der Waals surface area (Å²) >= 11 is 3.52. The van der Waals surface area contributed by atoms with Crippen LogP contribution in [-0.4, -0.2) is 0 Å². The van der Waals surface area contributed by atoms with E-state index in [1.54, 1.807) is 0 Å². The largest absolute Gasteiger partial charge is 0.456 e. The maximum Gasteiger partial charge on any atom is 0.136 e. The summed E-state index contributed by atoms with van der Waals surface area (Å²) in [6.07, 6.45) is 0. The Balaban J connectivity index is 2.20. The van der Waals surface area contributed by atoms with E-state index in [1.807, 2.05) is 0 Å². The summed E-state index contributed by atoms with van der Waals surface area (Å²) in [7, 11) is 0. The quantitative estimate of drug-likeness (QED) is 0.399. The molecule has 4 rings (SSSR count). The van der Waals surface area contributed by atoms with E-state index in [4.69, 9.17) is 4.42 Å². The first-order valence-electron chi connectivity index (χ1n) is 6.23. The standard InChI is InChI=1S/C17H11BrO/c1-10-2-5-14-15-8-12-7-13(18)4-3-11(12)9-17(15)19-16(14)6-10/h2-9H,1H3. The van der Waals surface area contributed by atoms with E-state index in [9.17, 15) is 0 Å². The van der Waals surface area contributed by atoms with Gasteiger partial charge >= 0.3 is 0 Å². The lowest BCUT2D eigenvalue weighted by Gasteiger charge is -1.98. The van der Waals surface area contributed by atoms with Crippen LogP contribution in [-0.2, 0) is 0 Å². The van der Waals surface area contributed by atoms with Crippen LogP contribution < -0.4 is 0 Å². The number of rotatable bonds is 0. The van der Waals surface area contributed by atoms with Crippen LogP contribution in [0.5, 0.6) is 0 Å². The molecular formula is C17H11BrO. The fourth-order valence-electron chi connectivity index (χ4n) is 2.60. The molecule has 0 bridgehead atoms. The first kappa shape index (κ1) is 11.1. The van der Waals surface area contributed by atoms with Crippen molar-refractivity contribution in [2.75, 3.05) is 0 Å². The van der Waals surface area contributed by atoms with Crippen molar-refractivity contribution < 1.29 is 4.42 Å². The molecule has 1 heterocycles. The van der Waals surface area contributed by atoms with Gasteiger partial charge in [0.2, 0.25) is 0 Å². The first-order chi connectivity index (χ1) is 9.20. The van der Waals surface area contributed by atoms with E-state index in [1.165, 1.54) is 27.1 Å². The predicted octanol–water partition coefficient (Wildman–Crippen LogP) is 5.81. The highest BCUT2D eigenvalue weighted by molar-refractivity contribution is 9.10. The van der Waals surface area contributed by atoms with Crippen LogP contribution in [0.3, 0.4) is 0 Å². The van der Waals surface area contributed by atoms with Gasteiger partial charge in [0, 0.05) is 15.2 Å². The average Bonchev–Trinajstić information content (AvgIpc) is 2.72. The van der Waals surface area contributed by atoms with Gasteiger partial charge in [0.15, 0.2) is 0 Å². The van der Waals surface area contributed by atoms with E-state index in [2.05, 4.69) is 71.4 Å². The van der Waals surface area contributed by atoms with Crippen LogP contribution in [0.15, 0.2) is 57.4 Å². The highest BCUT2D eigenvalue weighted by atomic mass is 79.9. The van der Waals surface area contributed by atoms with Gasteiger partial charge in [-0.1, -0.05) is 34.1 Å². The van der Waals surface area contributed by atoms with E-state index >= 15 is 0 Å². The summed E-state index contributed by atoms with van der Waals surface area (Å²) in [5.74, 6) is 0. The summed E-state index contributed by atoms with van der Waals surface area (Å²) < 4.78 is 7.06. The van der Waals surface area contributed by atoms with Crippen molar-refractivity contribution in [2.45, 2.75) is 6.92 Å². The molecule has 0 unspecified atom stereocenters. The summed E-state index contributed by atoms with van der Waals surface area (Å²) in [6.45, 7) is 2.08. The van der Waals surface area contributed by atoms with Crippen LogP contribution in [0, 0.1) is 6.92 Å². The fraction of sp³-hybridized carbons (Fsp3) is 0.0588. The highest BCUT2D eigenvalue weighted by Gasteiger charge is 2.08. The minimum absolute atomic E-state index is 0.954. The SMILES string of the molecule is Cc1ccc2c(c1)oc1cc3ccc(Br)cc3cc12. The number of hydrogen-bond donors (Lipinski definition) is 0. The van der Waals surface area contributed by atoms with Gasteiger partial charge in [-0.05, 0) is 53.6 Å². The molecular weight excluding hydrogens is 300 g/mol. The van der Waals surface area contributed by atoms with E-state index in [-0.39, 0.29) is 0 Å². The topological polar surface area (TPSA) is 13.1 Å². The molecule has 92 valence electrons. The highest BCUT2D eigenvalue weighted by Crippen LogP contribution is 2.33. The Bertz CT molecular complexity index is 934. The zero-order chi connectivity index (χ0) is 13.0. The maximum atomic E-state index is 5.96. The van der Waals surface area contributed by atoms with E-state index in [0.717, 1.165) is 15.6 Å². The monoisotopic (exact) mass is 310 g/mol. The van der Waals surface area contributed by atoms with E-state index in [0.29, 0.717) is 0 Å². The van der Waals surface area contributed by atoms with Gasteiger partial charge < -0.3 is 4.42 Å². The third-order valence-electron chi connectivity index (χ3n) is 3.55. The molecule has 0 aliphatic rings. The maximum absolute atomic E-state index is 5.96. The van der Waals surface area contributed by atoms with Crippen LogP contribution in [0.2, 0.25) is 0 Å². The second kappa shape index (κ2) is 3.84. The molecule has 0 amide bonds. The molecule has 0 saturated carbocycles. The minimum Gasteiger partial charge on any atom is -0.456 e. The Morgan fingerprint density at radius 1 is 0.789 bits per heavy atom. The number of aryl methyl sites for hydroxylation is 1. The Morgan fingerprint density at radius 2 is 1.63 bits per heavy atom. The summed E-state index contributed by atoms with van der Waals surface area (Å²) in [6, 6.07) is 17.0. The lowest BCUT2D eigenvalue weighted by atomic mass is 10.1. The van der Waals surface area contributed by atoms with Crippen molar-refractivity contribution in [1.82, 2.24) is 0 Å². The van der Waals surface area contributed by atoms with Crippen molar-refractivity contribution in [3.05, 3.63) is 58.6 Å². The number of halogens is 1. The lowest BCUT2D eigenvalue weighted by molar-refractivity contribution is 0.669. The smallest absolute Gasteiger partial charge is 0.136 e. The van der Waals surface area contributed by atoms with Crippen LogP contribution in [0.4, 0.5) is 0 Å². The zero-order valence-electron chi connectivity index (χ0n) is 10.4. The normalized spacial score (nSPS) is 11.7. The second-order valence-electron chi connectivity index (χ2n) is 4.94. The fourth-order valence-corrected chi connectivity index (χ4v) is 2.98. The Labute approximate surface area is 119 Å². The number of benzene rings is 3. The zero-order valence-corrected chi connectivity index (χ0v) is 12.0. The molecule has 0 aliphatic heterocycles. The molecule has 0 radical (unpaired) electrons. The molecule has 1 aromatic heterocycles. The molecule has 0 saturated heterocycles. The molecule has 0 N–H and O–H groups in total. The third-order valence-corrected chi connectivity index (χ3v) is 4.04. The third kappa shape index (κ3) is 1.67. The molecule has 1 nitrogen and oxygen atoms in total. The number of furan rings is 1. The van der Waals surface area contributed by atoms with Crippen molar-refractivity contribution in [2.24, 2.45) is 0 Å². The molecule has 2 heteroatoms. The summed E-state index contributed by atoms with van der Waals surface area (Å²) in [4.78, 5) is 0. The van der Waals surface area contributed by atoms with Gasteiger partial charge in [-0.2, -0.15) is 0 Å². The molecule has 0 atom stereocenters.